The molecule has 2 aromatic rings. The van der Waals surface area contributed by atoms with Gasteiger partial charge in [0.2, 0.25) is 10.0 Å². The molecule has 0 aromatic heterocycles. The highest BCUT2D eigenvalue weighted by Gasteiger charge is 2.27. The van der Waals surface area contributed by atoms with Crippen LogP contribution in [0.3, 0.4) is 0 Å². The molecule has 2 atom stereocenters. The van der Waals surface area contributed by atoms with Crippen LogP contribution in [0.4, 0.5) is 0 Å². The fourth-order valence-electron chi connectivity index (χ4n) is 2.67. The van der Waals surface area contributed by atoms with Crippen LogP contribution in [-0.4, -0.2) is 45.7 Å². The van der Waals surface area contributed by atoms with Crippen molar-refractivity contribution in [1.82, 2.24) is 10.0 Å². The van der Waals surface area contributed by atoms with Crippen molar-refractivity contribution in [2.45, 2.75) is 17.9 Å². The fraction of sp³-hybridized carbons (Fsp3) is 0.300. The predicted octanol–water partition coefficient (Wildman–Crippen LogP) is 1.80. The number of hydrogen-bond acceptors (Lipinski definition) is 5. The average Bonchev–Trinajstić information content (AvgIpc) is 2.72. The molecular formula is C20H24N2O6S. The highest BCUT2D eigenvalue weighted by Crippen LogP contribution is 2.23. The zero-order chi connectivity index (χ0) is 21.4. The Labute approximate surface area is 169 Å². The molecule has 0 radical (unpaired) electrons. The predicted molar refractivity (Wildman–Crippen MR) is 107 cm³/mol. The molecule has 0 heterocycles. The summed E-state index contributed by atoms with van der Waals surface area (Å²) in [5.74, 6) is -2.39. The maximum absolute atomic E-state index is 12.6. The van der Waals surface area contributed by atoms with Crippen LogP contribution in [0.25, 0.3) is 0 Å². The molecule has 8 nitrogen and oxygen atoms in total. The van der Waals surface area contributed by atoms with Gasteiger partial charge in [-0.25, -0.2) is 13.1 Å². The Bertz CT molecular complexity index is 929. The minimum absolute atomic E-state index is 0.0173. The number of carboxylic acids is 1. The molecule has 0 bridgehead atoms. The van der Waals surface area contributed by atoms with Gasteiger partial charge in [0.1, 0.15) is 0 Å². The van der Waals surface area contributed by atoms with Gasteiger partial charge in [-0.1, -0.05) is 30.3 Å². The zero-order valence-electron chi connectivity index (χ0n) is 16.2. The van der Waals surface area contributed by atoms with Crippen LogP contribution in [0, 0.1) is 5.92 Å². The summed E-state index contributed by atoms with van der Waals surface area (Å²) >= 11 is 0. The van der Waals surface area contributed by atoms with Gasteiger partial charge in [-0.2, -0.15) is 0 Å². The van der Waals surface area contributed by atoms with E-state index in [0.717, 1.165) is 0 Å². The summed E-state index contributed by atoms with van der Waals surface area (Å²) in [5.41, 5.74) is 0.886. The third kappa shape index (κ3) is 6.11. The normalized spacial score (nSPS) is 13.4. The molecule has 0 spiro atoms. The number of hydrogen-bond donors (Lipinski definition) is 3. The Morgan fingerprint density at radius 1 is 1.07 bits per heavy atom. The molecular weight excluding hydrogens is 396 g/mol. The average molecular weight is 420 g/mol. The van der Waals surface area contributed by atoms with E-state index in [1.165, 1.54) is 38.3 Å². The van der Waals surface area contributed by atoms with Crippen LogP contribution in [-0.2, 0) is 19.6 Å². The number of carbonyl (C=O) groups is 2. The molecule has 1 amide bonds. The van der Waals surface area contributed by atoms with Gasteiger partial charge in [-0.05, 0) is 36.8 Å². The van der Waals surface area contributed by atoms with Gasteiger partial charge in [0.05, 0.1) is 23.5 Å². The van der Waals surface area contributed by atoms with E-state index in [4.69, 9.17) is 4.74 Å². The minimum Gasteiger partial charge on any atom is -0.481 e. The number of rotatable bonds is 10. The fourth-order valence-corrected chi connectivity index (χ4v) is 3.68. The Morgan fingerprint density at radius 2 is 1.69 bits per heavy atom. The highest BCUT2D eigenvalue weighted by molar-refractivity contribution is 7.89. The lowest BCUT2D eigenvalue weighted by molar-refractivity contribution is -0.142. The maximum atomic E-state index is 12.6. The van der Waals surface area contributed by atoms with Crippen molar-refractivity contribution in [1.29, 1.82) is 0 Å². The molecule has 0 saturated heterocycles. The third-order valence-electron chi connectivity index (χ3n) is 4.36. The molecule has 0 unspecified atom stereocenters. The molecule has 2 aromatic carbocycles. The van der Waals surface area contributed by atoms with Crippen LogP contribution in [0.1, 0.15) is 28.9 Å². The molecule has 156 valence electrons. The topological polar surface area (TPSA) is 122 Å². The van der Waals surface area contributed by atoms with Crippen molar-refractivity contribution in [3.8, 4) is 0 Å². The van der Waals surface area contributed by atoms with Gasteiger partial charge >= 0.3 is 5.97 Å². The van der Waals surface area contributed by atoms with Crippen LogP contribution < -0.4 is 10.0 Å². The van der Waals surface area contributed by atoms with E-state index in [0.29, 0.717) is 5.56 Å². The summed E-state index contributed by atoms with van der Waals surface area (Å²) in [6.07, 6.45) is 0. The monoisotopic (exact) mass is 420 g/mol. The van der Waals surface area contributed by atoms with E-state index >= 15 is 0 Å². The summed E-state index contributed by atoms with van der Waals surface area (Å²) in [6.45, 7) is 1.89. The first kappa shape index (κ1) is 22.5. The number of benzene rings is 2. The molecule has 9 heteroatoms. The van der Waals surface area contributed by atoms with Crippen molar-refractivity contribution in [2.24, 2.45) is 5.92 Å². The summed E-state index contributed by atoms with van der Waals surface area (Å²) in [6, 6.07) is 13.5. The van der Waals surface area contributed by atoms with Crippen molar-refractivity contribution in [2.75, 3.05) is 20.3 Å². The number of carbonyl (C=O) groups excluding carboxylic acids is 1. The van der Waals surface area contributed by atoms with Crippen molar-refractivity contribution < 1.29 is 27.9 Å². The Hall–Kier alpha value is -2.75. The molecule has 2 rings (SSSR count). The lowest BCUT2D eigenvalue weighted by atomic mass is 9.94. The Balaban J connectivity index is 2.17. The molecule has 0 fully saturated rings. The van der Waals surface area contributed by atoms with Gasteiger partial charge in [0.25, 0.3) is 5.91 Å². The number of methoxy groups -OCH3 is 1. The minimum atomic E-state index is -3.71. The Kier molecular flexibility index (Phi) is 7.89. The van der Waals surface area contributed by atoms with Crippen LogP contribution in [0.2, 0.25) is 0 Å². The van der Waals surface area contributed by atoms with Crippen LogP contribution >= 0.6 is 0 Å². The number of sulfonamides is 1. The maximum Gasteiger partial charge on any atom is 0.308 e. The lowest BCUT2D eigenvalue weighted by Gasteiger charge is -2.23. The standard InChI is InChI=1S/C20H24N2O6S/c1-14(20(24)25)18(15-6-4-3-5-7-15)22-19(23)16-8-10-17(11-9-16)29(26,27)21-12-13-28-2/h3-11,14,18,21H,12-13H2,1-2H3,(H,22,23)(H,24,25)/t14-,18+/m0/s1. The summed E-state index contributed by atoms with van der Waals surface area (Å²) in [4.78, 5) is 24.1. The number of amides is 1. The zero-order valence-corrected chi connectivity index (χ0v) is 17.0. The largest absolute Gasteiger partial charge is 0.481 e. The molecule has 29 heavy (non-hydrogen) atoms. The van der Waals surface area contributed by atoms with Crippen molar-refractivity contribution in [3.63, 3.8) is 0 Å². The SMILES string of the molecule is COCCNS(=O)(=O)c1ccc(C(=O)N[C@@H](c2ccccc2)[C@H](C)C(=O)O)cc1. The second-order valence-electron chi connectivity index (χ2n) is 6.40. The highest BCUT2D eigenvalue weighted by atomic mass is 32.2. The molecule has 3 N–H and O–H groups in total. The van der Waals surface area contributed by atoms with E-state index < -0.39 is 33.9 Å². The van der Waals surface area contributed by atoms with Gasteiger partial charge in [-0.3, -0.25) is 9.59 Å². The number of nitrogens with one attached hydrogen (secondary N) is 2. The quantitative estimate of drug-likeness (QED) is 0.504. The van der Waals surface area contributed by atoms with Crippen LogP contribution in [0.5, 0.6) is 0 Å². The van der Waals surface area contributed by atoms with Gasteiger partial charge in [0, 0.05) is 19.2 Å². The molecule has 0 aliphatic carbocycles. The van der Waals surface area contributed by atoms with Gasteiger partial charge in [0.15, 0.2) is 0 Å². The number of aliphatic carboxylic acids is 1. The Morgan fingerprint density at radius 3 is 2.24 bits per heavy atom. The van der Waals surface area contributed by atoms with E-state index in [9.17, 15) is 23.1 Å². The summed E-state index contributed by atoms with van der Waals surface area (Å²) < 4.78 is 31.6. The summed E-state index contributed by atoms with van der Waals surface area (Å²) in [5, 5.41) is 12.1. The smallest absolute Gasteiger partial charge is 0.308 e. The third-order valence-corrected chi connectivity index (χ3v) is 5.84. The van der Waals surface area contributed by atoms with E-state index in [1.54, 1.807) is 30.3 Å². The van der Waals surface area contributed by atoms with Crippen LogP contribution in [0.15, 0.2) is 59.5 Å². The van der Waals surface area contributed by atoms with E-state index in [2.05, 4.69) is 10.0 Å². The molecule has 0 saturated carbocycles. The first-order valence-corrected chi connectivity index (χ1v) is 10.4. The first-order chi connectivity index (χ1) is 13.8. The van der Waals surface area contributed by atoms with Gasteiger partial charge in [-0.15, -0.1) is 0 Å². The summed E-state index contributed by atoms with van der Waals surface area (Å²) in [7, 11) is -2.24. The van der Waals surface area contributed by atoms with Crippen molar-refractivity contribution >= 4 is 21.9 Å². The molecule has 0 aliphatic heterocycles. The molecule has 0 aliphatic rings. The lowest BCUT2D eigenvalue weighted by Crippen LogP contribution is -2.35. The number of ether oxygens (including phenoxy) is 1. The number of carboxylic acid groups (broad SMARTS) is 1. The second kappa shape index (κ2) is 10.1. The van der Waals surface area contributed by atoms with Gasteiger partial charge < -0.3 is 15.2 Å². The van der Waals surface area contributed by atoms with Crippen molar-refractivity contribution in [3.05, 3.63) is 65.7 Å². The first-order valence-electron chi connectivity index (χ1n) is 8.93. The van der Waals surface area contributed by atoms with E-state index in [1.807, 2.05) is 0 Å². The van der Waals surface area contributed by atoms with E-state index in [-0.39, 0.29) is 23.6 Å². The second-order valence-corrected chi connectivity index (χ2v) is 8.17.